The lowest BCUT2D eigenvalue weighted by molar-refractivity contribution is -0.116. The van der Waals surface area contributed by atoms with Gasteiger partial charge in [0.05, 0.1) is 19.9 Å². The van der Waals surface area contributed by atoms with Crippen molar-refractivity contribution < 1.29 is 19.1 Å². The van der Waals surface area contributed by atoms with Crippen LogP contribution in [0.1, 0.15) is 42.2 Å². The topological polar surface area (TPSA) is 80.8 Å². The van der Waals surface area contributed by atoms with E-state index in [9.17, 15) is 9.59 Å². The van der Waals surface area contributed by atoms with Gasteiger partial charge in [-0.05, 0) is 25.5 Å². The summed E-state index contributed by atoms with van der Waals surface area (Å²) in [4.78, 5) is 31.5. The molecule has 0 saturated heterocycles. The fourth-order valence-electron chi connectivity index (χ4n) is 2.77. The molecule has 0 spiro atoms. The summed E-state index contributed by atoms with van der Waals surface area (Å²) in [5.74, 6) is 0.255. The summed E-state index contributed by atoms with van der Waals surface area (Å²) in [7, 11) is 3.01. The van der Waals surface area contributed by atoms with Gasteiger partial charge in [0, 0.05) is 11.9 Å². The zero-order valence-corrected chi connectivity index (χ0v) is 17.6. The number of benzene rings is 1. The van der Waals surface area contributed by atoms with Gasteiger partial charge >= 0.3 is 0 Å². The highest BCUT2D eigenvalue weighted by Crippen LogP contribution is 2.29. The lowest BCUT2D eigenvalue weighted by Gasteiger charge is -2.24. The highest BCUT2D eigenvalue weighted by Gasteiger charge is 2.25. The Morgan fingerprint density at radius 1 is 1.18 bits per heavy atom. The molecule has 0 fully saturated rings. The first-order valence-electron chi connectivity index (χ1n) is 9.22. The Morgan fingerprint density at radius 2 is 1.86 bits per heavy atom. The van der Waals surface area contributed by atoms with E-state index < -0.39 is 0 Å². The zero-order valence-electron chi connectivity index (χ0n) is 16.8. The zero-order chi connectivity index (χ0) is 20.5. The van der Waals surface area contributed by atoms with Crippen LogP contribution in [0.15, 0.2) is 23.6 Å². The van der Waals surface area contributed by atoms with Crippen LogP contribution in [0.2, 0.25) is 0 Å². The Kier molecular flexibility index (Phi) is 8.25. The molecule has 0 aliphatic carbocycles. The normalized spacial score (nSPS) is 10.4. The Hall–Kier alpha value is -2.61. The number of nitrogens with one attached hydrogen (secondary N) is 1. The van der Waals surface area contributed by atoms with E-state index in [0.717, 1.165) is 25.0 Å². The molecular weight excluding hydrogens is 378 g/mol. The average molecular weight is 406 g/mol. The molecule has 0 aliphatic rings. The van der Waals surface area contributed by atoms with Crippen LogP contribution in [0.5, 0.6) is 11.5 Å². The quantitative estimate of drug-likeness (QED) is 0.609. The number of aromatic nitrogens is 1. The highest BCUT2D eigenvalue weighted by atomic mass is 32.1. The van der Waals surface area contributed by atoms with Crippen molar-refractivity contribution in [3.8, 4) is 11.5 Å². The number of thiazole rings is 1. The molecule has 28 heavy (non-hydrogen) atoms. The van der Waals surface area contributed by atoms with Gasteiger partial charge in [-0.15, -0.1) is 11.3 Å². The van der Waals surface area contributed by atoms with Crippen molar-refractivity contribution in [1.82, 2.24) is 9.88 Å². The molecule has 1 N–H and O–H groups in total. The number of methoxy groups -OCH3 is 2. The van der Waals surface area contributed by atoms with Crippen LogP contribution in [0.4, 0.5) is 5.13 Å². The predicted octanol–water partition coefficient (Wildman–Crippen LogP) is 3.74. The molecule has 1 aromatic heterocycles. The van der Waals surface area contributed by atoms with Crippen molar-refractivity contribution in [2.45, 2.75) is 33.1 Å². The minimum absolute atomic E-state index is 0.0671. The molecule has 0 saturated carbocycles. The first-order chi connectivity index (χ1) is 13.5. The molecule has 152 valence electrons. The third-order valence-corrected chi connectivity index (χ3v) is 5.04. The highest BCUT2D eigenvalue weighted by molar-refractivity contribution is 7.13. The molecule has 0 unspecified atom stereocenters. The molecule has 0 aliphatic heterocycles. The Morgan fingerprint density at radius 3 is 2.39 bits per heavy atom. The SMILES string of the molecule is CCCCCN(CC(=O)Nc1nc(C)cs1)C(=O)c1c(OC)cccc1OC. The van der Waals surface area contributed by atoms with Gasteiger partial charge in [-0.1, -0.05) is 25.8 Å². The summed E-state index contributed by atoms with van der Waals surface area (Å²) < 4.78 is 10.7. The van der Waals surface area contributed by atoms with Crippen molar-refractivity contribution in [3.05, 3.63) is 34.8 Å². The number of carbonyl (C=O) groups is 2. The van der Waals surface area contributed by atoms with Crippen molar-refractivity contribution in [3.63, 3.8) is 0 Å². The molecule has 2 rings (SSSR count). The summed E-state index contributed by atoms with van der Waals surface area (Å²) in [6.45, 7) is 4.36. The Balaban J connectivity index is 2.22. The van der Waals surface area contributed by atoms with Crippen molar-refractivity contribution in [2.24, 2.45) is 0 Å². The van der Waals surface area contributed by atoms with Gasteiger partial charge in [0.2, 0.25) is 5.91 Å². The molecular formula is C20H27N3O4S. The molecule has 2 aromatic rings. The summed E-state index contributed by atoms with van der Waals surface area (Å²) >= 11 is 1.36. The van der Waals surface area contributed by atoms with E-state index in [-0.39, 0.29) is 18.4 Å². The van der Waals surface area contributed by atoms with E-state index >= 15 is 0 Å². The van der Waals surface area contributed by atoms with Crippen LogP contribution in [0.3, 0.4) is 0 Å². The van der Waals surface area contributed by atoms with Crippen LogP contribution in [-0.2, 0) is 4.79 Å². The van der Waals surface area contributed by atoms with Crippen LogP contribution >= 0.6 is 11.3 Å². The molecule has 1 heterocycles. The molecule has 7 nitrogen and oxygen atoms in total. The predicted molar refractivity (Wildman–Crippen MR) is 110 cm³/mol. The second-order valence-corrected chi connectivity index (χ2v) is 7.17. The molecule has 0 radical (unpaired) electrons. The standard InChI is InChI=1S/C20H27N3O4S/c1-5-6-7-11-23(12-17(24)22-20-21-14(2)13-28-20)19(25)18-15(26-3)9-8-10-16(18)27-4/h8-10,13H,5-7,11-12H2,1-4H3,(H,21,22,24). The number of hydrogen-bond acceptors (Lipinski definition) is 6. The second kappa shape index (κ2) is 10.7. The average Bonchev–Trinajstić information content (AvgIpc) is 3.10. The van der Waals surface area contributed by atoms with E-state index in [1.807, 2.05) is 12.3 Å². The van der Waals surface area contributed by atoms with E-state index in [1.165, 1.54) is 30.5 Å². The summed E-state index contributed by atoms with van der Waals surface area (Å²) in [6, 6.07) is 5.17. The molecule has 1 aromatic carbocycles. The van der Waals surface area contributed by atoms with Crippen LogP contribution in [0, 0.1) is 6.92 Å². The molecule has 0 atom stereocenters. The number of ether oxygens (including phenoxy) is 2. The monoisotopic (exact) mass is 405 g/mol. The summed E-state index contributed by atoms with van der Waals surface area (Å²) in [5, 5.41) is 5.15. The van der Waals surface area contributed by atoms with E-state index in [1.54, 1.807) is 18.2 Å². The number of hydrogen-bond donors (Lipinski definition) is 1. The van der Waals surface area contributed by atoms with Gasteiger partial charge in [-0.2, -0.15) is 0 Å². The number of unbranched alkanes of at least 4 members (excludes halogenated alkanes) is 2. The number of aryl methyl sites for hydroxylation is 1. The summed E-state index contributed by atoms with van der Waals surface area (Å²) in [6.07, 6.45) is 2.80. The minimum atomic E-state index is -0.295. The second-order valence-electron chi connectivity index (χ2n) is 6.31. The minimum Gasteiger partial charge on any atom is -0.496 e. The Labute approximate surface area is 169 Å². The fraction of sp³-hybridized carbons (Fsp3) is 0.450. The maximum Gasteiger partial charge on any atom is 0.261 e. The third-order valence-electron chi connectivity index (χ3n) is 4.16. The van der Waals surface area contributed by atoms with E-state index in [0.29, 0.717) is 28.7 Å². The van der Waals surface area contributed by atoms with Crippen molar-refractivity contribution in [1.29, 1.82) is 0 Å². The number of carbonyl (C=O) groups excluding carboxylic acids is 2. The number of rotatable bonds is 10. The van der Waals surface area contributed by atoms with Gasteiger partial charge in [0.15, 0.2) is 5.13 Å². The lowest BCUT2D eigenvalue weighted by Crippen LogP contribution is -2.39. The maximum atomic E-state index is 13.3. The van der Waals surface area contributed by atoms with Crippen molar-refractivity contribution >= 4 is 28.3 Å². The maximum absolute atomic E-state index is 13.3. The Bertz CT molecular complexity index is 784. The van der Waals surface area contributed by atoms with Gasteiger partial charge in [-0.25, -0.2) is 4.98 Å². The van der Waals surface area contributed by atoms with Gasteiger partial charge in [-0.3, -0.25) is 9.59 Å². The van der Waals surface area contributed by atoms with Crippen LogP contribution < -0.4 is 14.8 Å². The van der Waals surface area contributed by atoms with Crippen LogP contribution in [-0.4, -0.2) is 49.0 Å². The van der Waals surface area contributed by atoms with Gasteiger partial charge in [0.1, 0.15) is 23.6 Å². The molecule has 8 heteroatoms. The summed E-state index contributed by atoms with van der Waals surface area (Å²) in [5.41, 5.74) is 1.16. The van der Waals surface area contributed by atoms with Gasteiger partial charge < -0.3 is 19.7 Å². The fourth-order valence-corrected chi connectivity index (χ4v) is 3.47. The van der Waals surface area contributed by atoms with Crippen LogP contribution in [0.25, 0.3) is 0 Å². The van der Waals surface area contributed by atoms with E-state index in [4.69, 9.17) is 9.47 Å². The third kappa shape index (κ3) is 5.69. The largest absolute Gasteiger partial charge is 0.496 e. The molecule has 2 amide bonds. The first-order valence-corrected chi connectivity index (χ1v) is 10.1. The number of anilines is 1. The number of nitrogens with zero attached hydrogens (tertiary/aromatic N) is 2. The smallest absolute Gasteiger partial charge is 0.261 e. The lowest BCUT2D eigenvalue weighted by atomic mass is 10.1. The number of amides is 2. The van der Waals surface area contributed by atoms with E-state index in [2.05, 4.69) is 17.2 Å². The van der Waals surface area contributed by atoms with Crippen molar-refractivity contribution in [2.75, 3.05) is 32.6 Å². The first kappa shape index (κ1) is 21.7. The van der Waals surface area contributed by atoms with Gasteiger partial charge in [0.25, 0.3) is 5.91 Å². The molecule has 0 bridgehead atoms.